The Bertz CT molecular complexity index is 515. The number of methoxy groups -OCH3 is 1. The summed E-state index contributed by atoms with van der Waals surface area (Å²) in [7, 11) is 1.56. The van der Waals surface area contributed by atoms with Crippen LogP contribution in [-0.2, 0) is 4.74 Å². The standard InChI is InChI=1S/C12H16N2O6/c1-12(2,19-3)4-5-20-10-9(11(15)16)6-8(7-13-10)14(17)18/h6-7H,4-5H2,1-3H3,(H,15,16). The molecular weight excluding hydrogens is 268 g/mol. The van der Waals surface area contributed by atoms with Crippen molar-refractivity contribution in [2.75, 3.05) is 13.7 Å². The minimum Gasteiger partial charge on any atom is -0.477 e. The highest BCUT2D eigenvalue weighted by Gasteiger charge is 2.20. The Morgan fingerprint density at radius 3 is 2.70 bits per heavy atom. The molecule has 0 bridgehead atoms. The first-order valence-electron chi connectivity index (χ1n) is 5.82. The topological polar surface area (TPSA) is 112 Å². The number of hydrogen-bond donors (Lipinski definition) is 1. The van der Waals surface area contributed by atoms with Crippen molar-refractivity contribution in [2.45, 2.75) is 25.9 Å². The summed E-state index contributed by atoms with van der Waals surface area (Å²) in [6, 6.07) is 0.923. The quantitative estimate of drug-likeness (QED) is 0.600. The van der Waals surface area contributed by atoms with Gasteiger partial charge in [0, 0.05) is 19.6 Å². The first-order valence-corrected chi connectivity index (χ1v) is 5.82. The minimum atomic E-state index is -1.33. The molecule has 110 valence electrons. The van der Waals surface area contributed by atoms with Crippen LogP contribution in [0.3, 0.4) is 0 Å². The molecular formula is C12H16N2O6. The molecule has 0 saturated heterocycles. The van der Waals surface area contributed by atoms with E-state index in [1.54, 1.807) is 7.11 Å². The van der Waals surface area contributed by atoms with E-state index >= 15 is 0 Å². The van der Waals surface area contributed by atoms with Gasteiger partial charge in [-0.05, 0) is 13.8 Å². The van der Waals surface area contributed by atoms with Crippen molar-refractivity contribution in [3.8, 4) is 5.88 Å². The van der Waals surface area contributed by atoms with Crippen LogP contribution in [0.2, 0.25) is 0 Å². The third-order valence-corrected chi connectivity index (χ3v) is 2.77. The highest BCUT2D eigenvalue weighted by molar-refractivity contribution is 5.90. The Morgan fingerprint density at radius 1 is 1.55 bits per heavy atom. The average molecular weight is 284 g/mol. The molecule has 1 N–H and O–H groups in total. The van der Waals surface area contributed by atoms with E-state index in [2.05, 4.69) is 4.98 Å². The maximum Gasteiger partial charge on any atom is 0.341 e. The number of nitrogens with zero attached hydrogens (tertiary/aromatic N) is 2. The Labute approximate surface area is 115 Å². The molecule has 0 aliphatic heterocycles. The van der Waals surface area contributed by atoms with E-state index in [0.29, 0.717) is 6.42 Å². The highest BCUT2D eigenvalue weighted by Crippen LogP contribution is 2.22. The van der Waals surface area contributed by atoms with Crippen molar-refractivity contribution in [2.24, 2.45) is 0 Å². The normalized spacial score (nSPS) is 11.2. The van der Waals surface area contributed by atoms with Crippen LogP contribution >= 0.6 is 0 Å². The van der Waals surface area contributed by atoms with Crippen LogP contribution < -0.4 is 4.74 Å². The molecule has 0 unspecified atom stereocenters. The predicted octanol–water partition coefficient (Wildman–Crippen LogP) is 1.88. The molecule has 0 aliphatic carbocycles. The number of rotatable bonds is 7. The summed E-state index contributed by atoms with van der Waals surface area (Å²) in [5, 5.41) is 19.6. The summed E-state index contributed by atoms with van der Waals surface area (Å²) < 4.78 is 10.5. The van der Waals surface area contributed by atoms with Crippen molar-refractivity contribution in [1.82, 2.24) is 4.98 Å². The number of ether oxygens (including phenoxy) is 2. The fraction of sp³-hybridized carbons (Fsp3) is 0.500. The highest BCUT2D eigenvalue weighted by atomic mass is 16.6. The molecule has 0 fully saturated rings. The zero-order chi connectivity index (χ0) is 15.3. The molecule has 1 aromatic heterocycles. The lowest BCUT2D eigenvalue weighted by Gasteiger charge is -2.22. The fourth-order valence-electron chi connectivity index (χ4n) is 1.30. The van der Waals surface area contributed by atoms with Gasteiger partial charge in [-0.1, -0.05) is 0 Å². The third kappa shape index (κ3) is 4.16. The van der Waals surface area contributed by atoms with Gasteiger partial charge in [0.2, 0.25) is 5.88 Å². The number of aromatic carboxylic acids is 1. The molecule has 0 spiro atoms. The summed E-state index contributed by atoms with van der Waals surface area (Å²) in [6.07, 6.45) is 1.48. The second kappa shape index (κ2) is 6.29. The average Bonchev–Trinajstić information content (AvgIpc) is 2.38. The largest absolute Gasteiger partial charge is 0.477 e. The van der Waals surface area contributed by atoms with Crippen molar-refractivity contribution in [3.63, 3.8) is 0 Å². The molecule has 8 nitrogen and oxygen atoms in total. The van der Waals surface area contributed by atoms with Gasteiger partial charge in [-0.3, -0.25) is 10.1 Å². The van der Waals surface area contributed by atoms with E-state index in [-0.39, 0.29) is 18.1 Å². The Balaban J connectivity index is 2.85. The van der Waals surface area contributed by atoms with Gasteiger partial charge in [0.05, 0.1) is 17.1 Å². The zero-order valence-electron chi connectivity index (χ0n) is 11.5. The van der Waals surface area contributed by atoms with Crippen molar-refractivity contribution in [1.29, 1.82) is 0 Å². The third-order valence-electron chi connectivity index (χ3n) is 2.77. The number of carbonyl (C=O) groups is 1. The Hall–Kier alpha value is -2.22. The molecule has 20 heavy (non-hydrogen) atoms. The van der Waals surface area contributed by atoms with Gasteiger partial charge in [0.25, 0.3) is 5.69 Å². The van der Waals surface area contributed by atoms with Gasteiger partial charge in [-0.15, -0.1) is 0 Å². The summed E-state index contributed by atoms with van der Waals surface area (Å²) in [5.74, 6) is -1.47. The smallest absolute Gasteiger partial charge is 0.341 e. The number of carboxylic acid groups (broad SMARTS) is 1. The lowest BCUT2D eigenvalue weighted by Crippen LogP contribution is -2.25. The summed E-state index contributed by atoms with van der Waals surface area (Å²) in [6.45, 7) is 3.90. The van der Waals surface area contributed by atoms with Crippen LogP contribution in [0.15, 0.2) is 12.3 Å². The Kier molecular flexibility index (Phi) is 4.98. The monoisotopic (exact) mass is 284 g/mol. The van der Waals surface area contributed by atoms with Crippen LogP contribution in [0.1, 0.15) is 30.6 Å². The maximum absolute atomic E-state index is 11.0. The van der Waals surface area contributed by atoms with Crippen molar-refractivity contribution < 1.29 is 24.3 Å². The number of hydrogen-bond acceptors (Lipinski definition) is 6. The van der Waals surface area contributed by atoms with E-state index in [1.807, 2.05) is 13.8 Å². The van der Waals surface area contributed by atoms with Crippen LogP contribution in [0.5, 0.6) is 5.88 Å². The number of aromatic nitrogens is 1. The van der Waals surface area contributed by atoms with E-state index in [0.717, 1.165) is 12.3 Å². The van der Waals surface area contributed by atoms with Gasteiger partial charge in [-0.2, -0.15) is 0 Å². The first kappa shape index (κ1) is 15.8. The van der Waals surface area contributed by atoms with Gasteiger partial charge in [-0.25, -0.2) is 9.78 Å². The molecule has 0 aromatic carbocycles. The number of nitro groups is 1. The van der Waals surface area contributed by atoms with Gasteiger partial charge in [0.15, 0.2) is 0 Å². The second-order valence-electron chi connectivity index (χ2n) is 4.67. The summed E-state index contributed by atoms with van der Waals surface area (Å²) in [5.41, 5.74) is -1.15. The number of pyridine rings is 1. The minimum absolute atomic E-state index is 0.144. The Morgan fingerprint density at radius 2 is 2.20 bits per heavy atom. The lowest BCUT2D eigenvalue weighted by molar-refractivity contribution is -0.385. The molecule has 1 aromatic rings. The predicted molar refractivity (Wildman–Crippen MR) is 69.1 cm³/mol. The number of carboxylic acids is 1. The van der Waals surface area contributed by atoms with Crippen LogP contribution in [0.25, 0.3) is 0 Å². The van der Waals surface area contributed by atoms with Crippen molar-refractivity contribution >= 4 is 11.7 Å². The van der Waals surface area contributed by atoms with Crippen LogP contribution in [0, 0.1) is 10.1 Å². The SMILES string of the molecule is COC(C)(C)CCOc1ncc([N+](=O)[O-])cc1C(=O)O. The molecule has 0 atom stereocenters. The molecule has 1 rings (SSSR count). The van der Waals surface area contributed by atoms with E-state index in [4.69, 9.17) is 14.6 Å². The molecule has 8 heteroatoms. The lowest BCUT2D eigenvalue weighted by atomic mass is 10.1. The van der Waals surface area contributed by atoms with Crippen LogP contribution in [0.4, 0.5) is 5.69 Å². The molecule has 0 saturated carbocycles. The van der Waals surface area contributed by atoms with E-state index in [9.17, 15) is 14.9 Å². The van der Waals surface area contributed by atoms with Crippen molar-refractivity contribution in [3.05, 3.63) is 27.9 Å². The van der Waals surface area contributed by atoms with E-state index in [1.165, 1.54) is 0 Å². The van der Waals surface area contributed by atoms with E-state index < -0.39 is 22.2 Å². The van der Waals surface area contributed by atoms with Gasteiger partial charge >= 0.3 is 5.97 Å². The fourth-order valence-corrected chi connectivity index (χ4v) is 1.30. The van der Waals surface area contributed by atoms with Gasteiger partial charge < -0.3 is 14.6 Å². The second-order valence-corrected chi connectivity index (χ2v) is 4.67. The van der Waals surface area contributed by atoms with Gasteiger partial charge in [0.1, 0.15) is 11.8 Å². The molecule has 0 radical (unpaired) electrons. The molecule has 0 amide bonds. The van der Waals surface area contributed by atoms with Crippen LogP contribution in [-0.4, -0.2) is 40.3 Å². The summed E-state index contributed by atoms with van der Waals surface area (Å²) >= 11 is 0. The molecule has 1 heterocycles. The summed E-state index contributed by atoms with van der Waals surface area (Å²) in [4.78, 5) is 24.6. The first-order chi connectivity index (χ1) is 9.26. The molecule has 0 aliphatic rings. The maximum atomic E-state index is 11.0. The zero-order valence-corrected chi connectivity index (χ0v) is 11.5.